The second-order valence-corrected chi connectivity index (χ2v) is 13.5. The molecule has 0 unspecified atom stereocenters. The van der Waals surface area contributed by atoms with Crippen molar-refractivity contribution < 1.29 is 40.4 Å². The molecule has 0 aliphatic heterocycles. The lowest BCUT2D eigenvalue weighted by Gasteiger charge is -2.35. The maximum Gasteiger partial charge on any atom is 0.416 e. The first kappa shape index (κ1) is 31.2. The van der Waals surface area contributed by atoms with Crippen LogP contribution in [0.3, 0.4) is 0 Å². The molecule has 0 aromatic heterocycles. The summed E-state index contributed by atoms with van der Waals surface area (Å²) in [4.78, 5) is -0.269. The van der Waals surface area contributed by atoms with E-state index in [-0.39, 0.29) is 10.7 Å². The van der Waals surface area contributed by atoms with Crippen LogP contribution in [0.15, 0.2) is 24.3 Å². The molecule has 0 saturated carbocycles. The Balaban J connectivity index is 3.59. The highest BCUT2D eigenvalue weighted by Gasteiger charge is 2.55. The summed E-state index contributed by atoms with van der Waals surface area (Å²) in [7, 11) is -8.60. The summed E-state index contributed by atoms with van der Waals surface area (Å²) in [5.74, 6) is 0. The van der Waals surface area contributed by atoms with Crippen molar-refractivity contribution in [1.29, 1.82) is 0 Å². The van der Waals surface area contributed by atoms with Crippen molar-refractivity contribution in [1.82, 2.24) is 0 Å². The summed E-state index contributed by atoms with van der Waals surface area (Å²) < 4.78 is 89.7. The molecule has 34 heavy (non-hydrogen) atoms. The Labute approximate surface area is 205 Å². The van der Waals surface area contributed by atoms with Crippen molar-refractivity contribution >= 4 is 38.1 Å². The molecule has 0 fully saturated rings. The van der Waals surface area contributed by atoms with Crippen molar-refractivity contribution in [2.45, 2.75) is 91.4 Å². The molecule has 1 aromatic carbocycles. The van der Waals surface area contributed by atoms with Gasteiger partial charge in [0.1, 0.15) is 4.99 Å². The lowest BCUT2D eigenvalue weighted by Crippen LogP contribution is -2.32. The van der Waals surface area contributed by atoms with E-state index in [1.54, 1.807) is 55.4 Å². The SMILES string of the molecule is CC(C)OP(=O)(OC(C)C)C(C(=S)Nc1ccc(C(F)(F)F)cc1)P(=O)(OC(C)C)OC(C)C. The molecule has 0 radical (unpaired) electrons. The summed E-state index contributed by atoms with van der Waals surface area (Å²) in [5, 5.41) is 1.05. The zero-order valence-corrected chi connectivity index (χ0v) is 23.2. The van der Waals surface area contributed by atoms with Crippen molar-refractivity contribution in [3.63, 3.8) is 0 Å². The largest absolute Gasteiger partial charge is 0.416 e. The molecular weight excluding hydrogens is 513 g/mol. The number of halogens is 3. The first-order valence-electron chi connectivity index (χ1n) is 10.8. The lowest BCUT2D eigenvalue weighted by molar-refractivity contribution is -0.137. The monoisotopic (exact) mass is 547 g/mol. The van der Waals surface area contributed by atoms with E-state index >= 15 is 0 Å². The molecule has 1 N–H and O–H groups in total. The summed E-state index contributed by atoms with van der Waals surface area (Å²) in [6, 6.07) is 4.04. The topological polar surface area (TPSA) is 83.1 Å². The molecule has 7 nitrogen and oxygen atoms in total. The first-order valence-corrected chi connectivity index (χ1v) is 14.4. The van der Waals surface area contributed by atoms with Crippen LogP contribution in [0, 0.1) is 0 Å². The molecule has 0 aliphatic carbocycles. The quantitative estimate of drug-likeness (QED) is 0.209. The van der Waals surface area contributed by atoms with Gasteiger partial charge in [-0.25, -0.2) is 0 Å². The van der Waals surface area contributed by atoms with E-state index in [2.05, 4.69) is 5.32 Å². The second kappa shape index (κ2) is 12.4. The number of thiocarbonyl (C=S) groups is 1. The molecule has 13 heteroatoms. The summed E-state index contributed by atoms with van der Waals surface area (Å²) in [6.45, 7) is 13.0. The fraction of sp³-hybridized carbons (Fsp3) is 0.667. The van der Waals surface area contributed by atoms with Gasteiger partial charge in [-0.3, -0.25) is 9.13 Å². The van der Waals surface area contributed by atoms with Gasteiger partial charge >= 0.3 is 21.4 Å². The number of rotatable bonds is 12. The van der Waals surface area contributed by atoms with E-state index in [4.69, 9.17) is 30.3 Å². The standard InChI is InChI=1S/C21H34F3NO6P2S/c1-13(2)28-32(26,29-14(3)4)20(33(27,30-15(5)6)31-16(7)8)19(34)25-18-11-9-17(10-12-18)21(22,23)24/h9-16,20H,1-8H3,(H,25,34). The third kappa shape index (κ3) is 9.34. The Bertz CT molecular complexity index is 841. The van der Waals surface area contributed by atoms with Crippen LogP contribution >= 0.6 is 27.4 Å². The molecule has 0 spiro atoms. The van der Waals surface area contributed by atoms with Gasteiger partial charge in [0, 0.05) is 5.69 Å². The Morgan fingerprint density at radius 2 is 1.09 bits per heavy atom. The average Bonchev–Trinajstić information content (AvgIpc) is 2.57. The molecule has 0 heterocycles. The Kier molecular flexibility index (Phi) is 11.4. The van der Waals surface area contributed by atoms with Gasteiger partial charge in [0.15, 0.2) is 0 Å². The highest BCUT2D eigenvalue weighted by Crippen LogP contribution is 2.72. The zero-order valence-electron chi connectivity index (χ0n) is 20.6. The van der Waals surface area contributed by atoms with Gasteiger partial charge in [-0.1, -0.05) is 12.2 Å². The minimum absolute atomic E-state index is 0.157. The predicted octanol–water partition coefficient (Wildman–Crippen LogP) is 7.86. The molecule has 0 saturated heterocycles. The molecule has 1 rings (SSSR count). The zero-order chi connectivity index (χ0) is 26.5. The van der Waals surface area contributed by atoms with Crippen LogP contribution in [0.25, 0.3) is 0 Å². The predicted molar refractivity (Wildman–Crippen MR) is 132 cm³/mol. The van der Waals surface area contributed by atoms with E-state index < -0.39 is 56.7 Å². The maximum absolute atomic E-state index is 14.1. The van der Waals surface area contributed by atoms with E-state index in [9.17, 15) is 22.3 Å². The van der Waals surface area contributed by atoms with E-state index in [0.717, 1.165) is 24.3 Å². The van der Waals surface area contributed by atoms with Crippen molar-refractivity contribution in [3.05, 3.63) is 29.8 Å². The van der Waals surface area contributed by atoms with Gasteiger partial charge in [0.25, 0.3) is 0 Å². The Morgan fingerprint density at radius 3 is 1.35 bits per heavy atom. The highest BCUT2D eigenvalue weighted by atomic mass is 32.1. The first-order chi connectivity index (χ1) is 15.4. The van der Waals surface area contributed by atoms with Crippen LogP contribution in [-0.2, 0) is 33.4 Å². The number of hydrogen-bond acceptors (Lipinski definition) is 7. The van der Waals surface area contributed by atoms with E-state index in [0.29, 0.717) is 0 Å². The number of hydrogen-bond donors (Lipinski definition) is 1. The summed E-state index contributed by atoms with van der Waals surface area (Å²) >= 11 is 5.47. The molecule has 0 bridgehead atoms. The molecule has 0 amide bonds. The molecule has 1 aromatic rings. The molecule has 0 atom stereocenters. The van der Waals surface area contributed by atoms with Crippen LogP contribution < -0.4 is 5.32 Å². The van der Waals surface area contributed by atoms with E-state index in [1.165, 1.54) is 0 Å². The Hall–Kier alpha value is -0.800. The number of anilines is 1. The van der Waals surface area contributed by atoms with Crippen LogP contribution in [0.2, 0.25) is 0 Å². The second-order valence-electron chi connectivity index (χ2n) is 8.63. The number of benzene rings is 1. The minimum atomic E-state index is -4.51. The van der Waals surface area contributed by atoms with Gasteiger partial charge in [-0.15, -0.1) is 0 Å². The fourth-order valence-electron chi connectivity index (χ4n) is 2.87. The van der Waals surface area contributed by atoms with Gasteiger partial charge < -0.3 is 23.4 Å². The number of alkyl halides is 3. The van der Waals surface area contributed by atoms with Crippen molar-refractivity contribution in [3.8, 4) is 0 Å². The van der Waals surface area contributed by atoms with Crippen LogP contribution in [0.1, 0.15) is 61.0 Å². The minimum Gasteiger partial charge on any atom is -0.349 e. The fourth-order valence-corrected chi connectivity index (χ4v) is 9.41. The lowest BCUT2D eigenvalue weighted by atomic mass is 10.2. The van der Waals surface area contributed by atoms with Crippen molar-refractivity contribution in [2.75, 3.05) is 5.32 Å². The van der Waals surface area contributed by atoms with Crippen LogP contribution in [0.5, 0.6) is 0 Å². The summed E-state index contributed by atoms with van der Waals surface area (Å²) in [6.07, 6.45) is -6.93. The van der Waals surface area contributed by atoms with E-state index in [1.807, 2.05) is 0 Å². The third-order valence-corrected chi connectivity index (χ3v) is 10.7. The van der Waals surface area contributed by atoms with Gasteiger partial charge in [0.05, 0.1) is 30.0 Å². The highest BCUT2D eigenvalue weighted by molar-refractivity contribution is 7.85. The van der Waals surface area contributed by atoms with Gasteiger partial charge in [0.2, 0.25) is 5.40 Å². The average molecular weight is 548 g/mol. The van der Waals surface area contributed by atoms with Crippen LogP contribution in [0.4, 0.5) is 18.9 Å². The number of nitrogens with one attached hydrogen (secondary N) is 1. The molecular formula is C21H34F3NO6P2S. The van der Waals surface area contributed by atoms with Crippen LogP contribution in [-0.4, -0.2) is 34.8 Å². The van der Waals surface area contributed by atoms with Crippen molar-refractivity contribution in [2.24, 2.45) is 0 Å². The summed E-state index contributed by atoms with van der Waals surface area (Å²) in [5.41, 5.74) is -0.696. The normalized spacial score (nSPS) is 13.5. The molecule has 196 valence electrons. The van der Waals surface area contributed by atoms with Gasteiger partial charge in [-0.2, -0.15) is 13.2 Å². The van der Waals surface area contributed by atoms with Gasteiger partial charge in [-0.05, 0) is 79.7 Å². The smallest absolute Gasteiger partial charge is 0.349 e. The Morgan fingerprint density at radius 1 is 0.765 bits per heavy atom. The molecule has 0 aliphatic rings. The third-order valence-electron chi connectivity index (χ3n) is 3.74. The maximum atomic E-state index is 14.1.